The zero-order valence-electron chi connectivity index (χ0n) is 14.5. The van der Waals surface area contributed by atoms with Gasteiger partial charge < -0.3 is 0 Å². The van der Waals surface area contributed by atoms with E-state index in [4.69, 9.17) is 5.10 Å². The third-order valence-corrected chi connectivity index (χ3v) is 5.60. The fraction of sp³-hybridized carbons (Fsp3) is 0.0952. The van der Waals surface area contributed by atoms with Crippen LogP contribution in [0.15, 0.2) is 77.8 Å². The number of aromatic nitrogens is 2. The van der Waals surface area contributed by atoms with Crippen LogP contribution < -0.4 is 0 Å². The summed E-state index contributed by atoms with van der Waals surface area (Å²) < 4.78 is 25.4. The Morgan fingerprint density at radius 2 is 1.54 bits per heavy atom. The van der Waals surface area contributed by atoms with Crippen LogP contribution in [0, 0.1) is 6.92 Å². The zero-order chi connectivity index (χ0) is 18.3. The number of sulfone groups is 1. The fourth-order valence-corrected chi connectivity index (χ4v) is 3.84. The molecule has 2 heterocycles. The highest BCUT2D eigenvalue weighted by Gasteiger charge is 2.18. The van der Waals surface area contributed by atoms with Crippen LogP contribution in [0.5, 0.6) is 0 Å². The van der Waals surface area contributed by atoms with Gasteiger partial charge >= 0.3 is 0 Å². The second-order valence-corrected chi connectivity index (χ2v) is 8.39. The Balaban J connectivity index is 2.02. The molecule has 4 nitrogen and oxygen atoms in total. The van der Waals surface area contributed by atoms with Crippen molar-refractivity contribution in [2.24, 2.45) is 0 Å². The molecule has 0 saturated carbocycles. The lowest BCUT2D eigenvalue weighted by Gasteiger charge is -2.07. The predicted octanol–water partition coefficient (Wildman–Crippen LogP) is 4.38. The Kier molecular flexibility index (Phi) is 3.89. The molecule has 130 valence electrons. The molecule has 2 aromatic carbocycles. The first-order chi connectivity index (χ1) is 12.4. The van der Waals surface area contributed by atoms with E-state index in [-0.39, 0.29) is 0 Å². The summed E-state index contributed by atoms with van der Waals surface area (Å²) in [5.74, 6) is 0. The van der Waals surface area contributed by atoms with Crippen molar-refractivity contribution in [3.63, 3.8) is 0 Å². The van der Waals surface area contributed by atoms with Crippen LogP contribution >= 0.6 is 0 Å². The Labute approximate surface area is 152 Å². The van der Waals surface area contributed by atoms with Gasteiger partial charge in [-0.2, -0.15) is 5.10 Å². The number of rotatable bonds is 3. The number of pyridine rings is 1. The third kappa shape index (κ3) is 2.80. The van der Waals surface area contributed by atoms with E-state index in [0.29, 0.717) is 4.90 Å². The Bertz CT molecular complexity index is 1190. The molecule has 4 rings (SSSR count). The molecule has 0 bridgehead atoms. The summed E-state index contributed by atoms with van der Waals surface area (Å²) in [5, 5.41) is 4.79. The highest BCUT2D eigenvalue weighted by atomic mass is 32.2. The maximum atomic E-state index is 11.8. The highest BCUT2D eigenvalue weighted by Crippen LogP contribution is 2.36. The van der Waals surface area contributed by atoms with Crippen LogP contribution in [-0.4, -0.2) is 24.3 Å². The van der Waals surface area contributed by atoms with E-state index in [1.165, 1.54) is 6.26 Å². The molecule has 0 spiro atoms. The molecule has 0 unspecified atom stereocenters. The molecule has 5 heteroatoms. The average molecular weight is 362 g/mol. The summed E-state index contributed by atoms with van der Waals surface area (Å²) in [6.07, 6.45) is 3.15. The van der Waals surface area contributed by atoms with E-state index in [1.807, 2.05) is 59.2 Å². The predicted molar refractivity (Wildman–Crippen MR) is 104 cm³/mol. The van der Waals surface area contributed by atoms with Gasteiger partial charge in [-0.3, -0.25) is 0 Å². The number of fused-ring (bicyclic) bond motifs is 1. The highest BCUT2D eigenvalue weighted by molar-refractivity contribution is 7.90. The van der Waals surface area contributed by atoms with Crippen LogP contribution in [0.1, 0.15) is 5.56 Å². The maximum Gasteiger partial charge on any atom is 0.175 e. The third-order valence-electron chi connectivity index (χ3n) is 4.48. The van der Waals surface area contributed by atoms with Gasteiger partial charge in [0.1, 0.15) is 5.69 Å². The minimum atomic E-state index is -3.22. The fourth-order valence-electron chi connectivity index (χ4n) is 3.21. The smallest absolute Gasteiger partial charge is 0.175 e. The lowest BCUT2D eigenvalue weighted by atomic mass is 9.98. The molecule has 0 saturated heterocycles. The molecule has 4 aromatic rings. The molecule has 26 heavy (non-hydrogen) atoms. The Morgan fingerprint density at radius 1 is 0.846 bits per heavy atom. The molecule has 0 aliphatic carbocycles. The number of nitrogens with zero attached hydrogens (tertiary/aromatic N) is 2. The van der Waals surface area contributed by atoms with Crippen molar-refractivity contribution >= 4 is 15.4 Å². The number of hydrogen-bond donors (Lipinski definition) is 0. The van der Waals surface area contributed by atoms with Crippen molar-refractivity contribution in [2.75, 3.05) is 6.26 Å². The normalized spacial score (nSPS) is 11.8. The number of benzene rings is 2. The van der Waals surface area contributed by atoms with Gasteiger partial charge in [0.05, 0.1) is 10.4 Å². The minimum absolute atomic E-state index is 0.315. The SMILES string of the molecule is Cc1cccn2nc(-c3ccccc3)c(-c3ccc(S(C)(=O)=O)cc3)c12. The number of aryl methyl sites for hydroxylation is 1. The second kappa shape index (κ2) is 6.11. The molecule has 0 amide bonds. The standard InChI is InChI=1S/C21H18N2O2S/c1-15-7-6-14-23-21(15)19(20(22-23)17-8-4-3-5-9-17)16-10-12-18(13-11-16)26(2,24)25/h3-14H,1-2H3. The summed E-state index contributed by atoms with van der Waals surface area (Å²) in [6, 6.07) is 21.1. The van der Waals surface area contributed by atoms with Crippen LogP contribution in [-0.2, 0) is 9.84 Å². The molecule has 2 aromatic heterocycles. The van der Waals surface area contributed by atoms with Crippen LogP contribution in [0.25, 0.3) is 27.9 Å². The molecule has 0 aliphatic heterocycles. The van der Waals surface area contributed by atoms with Crippen LogP contribution in [0.2, 0.25) is 0 Å². The van der Waals surface area contributed by atoms with Gasteiger partial charge in [0.2, 0.25) is 0 Å². The molecule has 0 fully saturated rings. The van der Waals surface area contributed by atoms with Crippen molar-refractivity contribution in [1.29, 1.82) is 0 Å². The molecule has 0 radical (unpaired) electrons. The first kappa shape index (κ1) is 16.5. The van der Waals surface area contributed by atoms with Gasteiger partial charge in [0, 0.05) is 23.6 Å². The van der Waals surface area contributed by atoms with Gasteiger partial charge in [0.25, 0.3) is 0 Å². The van der Waals surface area contributed by atoms with Crippen LogP contribution in [0.3, 0.4) is 0 Å². The Hall–Kier alpha value is -2.92. The summed E-state index contributed by atoms with van der Waals surface area (Å²) >= 11 is 0. The first-order valence-electron chi connectivity index (χ1n) is 8.29. The average Bonchev–Trinajstić information content (AvgIpc) is 3.03. The van der Waals surface area contributed by atoms with Gasteiger partial charge in [0.15, 0.2) is 9.84 Å². The molecule has 0 atom stereocenters. The second-order valence-electron chi connectivity index (χ2n) is 6.37. The Morgan fingerprint density at radius 3 is 2.19 bits per heavy atom. The van der Waals surface area contributed by atoms with Gasteiger partial charge in [-0.1, -0.05) is 48.5 Å². The summed E-state index contributed by atoms with van der Waals surface area (Å²) in [4.78, 5) is 0.315. The monoisotopic (exact) mass is 362 g/mol. The maximum absolute atomic E-state index is 11.8. The topological polar surface area (TPSA) is 51.4 Å². The summed E-state index contributed by atoms with van der Waals surface area (Å²) in [7, 11) is -3.22. The van der Waals surface area contributed by atoms with Crippen molar-refractivity contribution in [2.45, 2.75) is 11.8 Å². The lowest BCUT2D eigenvalue weighted by molar-refractivity contribution is 0.602. The van der Waals surface area contributed by atoms with E-state index in [0.717, 1.165) is 33.5 Å². The van der Waals surface area contributed by atoms with E-state index in [9.17, 15) is 8.42 Å². The van der Waals surface area contributed by atoms with Crippen molar-refractivity contribution in [3.8, 4) is 22.4 Å². The van der Waals surface area contributed by atoms with Gasteiger partial charge in [-0.05, 0) is 36.2 Å². The lowest BCUT2D eigenvalue weighted by Crippen LogP contribution is -1.96. The van der Waals surface area contributed by atoms with E-state index >= 15 is 0 Å². The van der Waals surface area contributed by atoms with E-state index < -0.39 is 9.84 Å². The van der Waals surface area contributed by atoms with Crippen LogP contribution in [0.4, 0.5) is 0 Å². The largest absolute Gasteiger partial charge is 0.239 e. The van der Waals surface area contributed by atoms with E-state index in [1.54, 1.807) is 12.1 Å². The zero-order valence-corrected chi connectivity index (χ0v) is 15.4. The van der Waals surface area contributed by atoms with E-state index in [2.05, 4.69) is 13.0 Å². The first-order valence-corrected chi connectivity index (χ1v) is 10.2. The summed E-state index contributed by atoms with van der Waals surface area (Å²) in [6.45, 7) is 2.06. The molecule has 0 N–H and O–H groups in total. The van der Waals surface area contributed by atoms with Crippen molar-refractivity contribution in [1.82, 2.24) is 9.61 Å². The van der Waals surface area contributed by atoms with Crippen molar-refractivity contribution in [3.05, 3.63) is 78.5 Å². The quantitative estimate of drug-likeness (QED) is 0.543. The number of hydrogen-bond acceptors (Lipinski definition) is 3. The molecule has 0 aliphatic rings. The molecular formula is C21H18N2O2S. The van der Waals surface area contributed by atoms with Gasteiger partial charge in [-0.15, -0.1) is 0 Å². The summed E-state index contributed by atoms with van der Waals surface area (Å²) in [5.41, 5.74) is 6.00. The minimum Gasteiger partial charge on any atom is -0.239 e. The van der Waals surface area contributed by atoms with Gasteiger partial charge in [-0.25, -0.2) is 12.9 Å². The van der Waals surface area contributed by atoms with Crippen molar-refractivity contribution < 1.29 is 8.42 Å². The molecular weight excluding hydrogens is 344 g/mol.